The van der Waals surface area contributed by atoms with Crippen LogP contribution in [0.1, 0.15) is 94.5 Å². The smallest absolute Gasteiger partial charge is 0.0726 e. The molecular weight excluding hydrogens is 1310 g/mol. The Hall–Kier alpha value is -11.9. The van der Waals surface area contributed by atoms with E-state index in [0.29, 0.717) is 0 Å². The number of benzene rings is 16. The molecule has 0 unspecified atom stereocenters. The zero-order valence-corrected chi connectivity index (χ0v) is 59.4. The fraction of sp³-hybridized carbons (Fsp3) is 0.0800. The summed E-state index contributed by atoms with van der Waals surface area (Å²) in [5.41, 5.74) is 37.9. The third kappa shape index (κ3) is 8.92. The third-order valence-corrected chi connectivity index (χ3v) is 24.1. The highest BCUT2D eigenvalue weighted by Gasteiger charge is 2.55. The van der Waals surface area contributed by atoms with Gasteiger partial charge in [-0.05, 0) is 228 Å². The summed E-state index contributed by atoms with van der Waals surface area (Å²) in [6.07, 6.45) is 0. The maximum Gasteiger partial charge on any atom is 0.0726 e. The number of rotatable bonds is 7. The molecule has 16 aromatic carbocycles. The van der Waals surface area contributed by atoms with Crippen molar-refractivity contribution in [2.45, 2.75) is 49.4 Å². The van der Waals surface area contributed by atoms with E-state index in [1.54, 1.807) is 0 Å². The van der Waals surface area contributed by atoms with Gasteiger partial charge in [-0.25, -0.2) is 0 Å². The first-order valence-corrected chi connectivity index (χ1v) is 36.9. The fourth-order valence-corrected chi connectivity index (χ4v) is 19.5. The predicted molar refractivity (Wildman–Crippen MR) is 434 cm³/mol. The summed E-state index contributed by atoms with van der Waals surface area (Å²) >= 11 is 3.72. The van der Waals surface area contributed by atoms with Crippen LogP contribution in [0, 0.1) is 0 Å². The Bertz CT molecular complexity index is 6070. The van der Waals surface area contributed by atoms with Crippen LogP contribution < -0.4 is 10.2 Å². The summed E-state index contributed by atoms with van der Waals surface area (Å²) < 4.78 is 1.16. The second-order valence-corrected chi connectivity index (χ2v) is 30.5. The summed E-state index contributed by atoms with van der Waals surface area (Å²) in [5, 5.41) is 8.99. The zero-order chi connectivity index (χ0) is 68.9. The minimum atomic E-state index is -0.289. The standard InChI is InChI=1S/C50H35N.C27H23N.C23H13Br/c1-49(2)42-19-9-6-16-38(42)41-28-27-36(30-46(41)49)51(35-25-23-33(24-26-35)32-13-4-3-5-14-32)37-29-34-15-12-22-45-48(34)47(31-37)50(45)43-20-10-7-17-39(43)40-18-8-11-21-44(40)50;1-27(2)25-11-7-6-10-23(25)24-17-16-22(18-26(24)27)28-21-14-12-20(13-15-21)19-8-4-3-5-9-19;24-15-12-14-6-5-11-20-22(14)21(13-15)23(20)18-9-3-1-7-16(18)17-8-2-4-10-19(17)23/h3-31H,1-2H3;3-18,28H,1-2H3;1-13H. The van der Waals surface area contributed by atoms with Gasteiger partial charge in [0, 0.05) is 43.7 Å². The molecule has 0 heterocycles. The van der Waals surface area contributed by atoms with Gasteiger partial charge in [-0.1, -0.05) is 323 Å². The Labute approximate surface area is 611 Å². The second kappa shape index (κ2) is 23.1. The molecule has 3 heteroatoms. The van der Waals surface area contributed by atoms with Crippen LogP contribution in [0.25, 0.3) is 88.3 Å². The molecular formula is C100H71BrN2. The van der Waals surface area contributed by atoms with Crippen molar-refractivity contribution in [2.75, 3.05) is 10.2 Å². The van der Waals surface area contributed by atoms with Gasteiger partial charge in [-0.15, -0.1) is 0 Å². The quantitative estimate of drug-likeness (QED) is 0.171. The van der Waals surface area contributed by atoms with E-state index in [0.717, 1.165) is 21.5 Å². The molecule has 1 N–H and O–H groups in total. The third-order valence-electron chi connectivity index (χ3n) is 23.6. The summed E-state index contributed by atoms with van der Waals surface area (Å²) in [4.78, 5) is 2.48. The number of nitrogens with zero attached hydrogens (tertiary/aromatic N) is 1. The predicted octanol–water partition coefficient (Wildman–Crippen LogP) is 26.6. The molecule has 0 saturated heterocycles. The van der Waals surface area contributed by atoms with E-state index >= 15 is 0 Å². The topological polar surface area (TPSA) is 15.3 Å². The molecule has 0 atom stereocenters. The maximum absolute atomic E-state index is 3.72. The van der Waals surface area contributed by atoms with Crippen molar-refractivity contribution in [3.8, 4) is 66.8 Å². The molecule has 22 rings (SSSR count). The van der Waals surface area contributed by atoms with Crippen LogP contribution in [-0.4, -0.2) is 0 Å². The normalized spacial score (nSPS) is 14.6. The maximum atomic E-state index is 3.72. The summed E-state index contributed by atoms with van der Waals surface area (Å²) in [6.45, 7) is 9.37. The van der Waals surface area contributed by atoms with E-state index in [4.69, 9.17) is 0 Å². The lowest BCUT2D eigenvalue weighted by molar-refractivity contribution is 0.660. The fourth-order valence-electron chi connectivity index (χ4n) is 19.0. The number of nitrogens with one attached hydrogen (secondary N) is 1. The van der Waals surface area contributed by atoms with Crippen LogP contribution in [0.4, 0.5) is 28.4 Å². The van der Waals surface area contributed by atoms with E-state index in [2.05, 4.69) is 400 Å². The van der Waals surface area contributed by atoms with Gasteiger partial charge in [-0.2, -0.15) is 0 Å². The molecule has 0 bridgehead atoms. The van der Waals surface area contributed by atoms with Crippen LogP contribution in [0.3, 0.4) is 0 Å². The van der Waals surface area contributed by atoms with E-state index in [1.807, 2.05) is 6.07 Å². The summed E-state index contributed by atoms with van der Waals surface area (Å²) in [6, 6.07) is 129. The molecule has 2 nitrogen and oxygen atoms in total. The molecule has 0 amide bonds. The highest BCUT2D eigenvalue weighted by Crippen LogP contribution is 2.66. The summed E-state index contributed by atoms with van der Waals surface area (Å²) in [5.74, 6) is 0. The average molecular weight is 1380 g/mol. The average Bonchev–Trinajstić information content (AvgIpc) is 1.58. The number of fused-ring (bicyclic) bond motifs is 20. The SMILES string of the molecule is Brc1cc2c3c(cccc3c1)C21c2ccccc2-c2ccccc21.CC1(C)c2ccccc2-c2ccc(N(c3ccc(-c4ccccc4)cc3)c3cc4c5c(cccc5c3)C43c4ccccc4-c4ccccc43)cc21.CC1(C)c2ccccc2-c2ccc(Nc3ccc(-c4ccccc4)cc3)cc21. The Kier molecular flexibility index (Phi) is 13.7. The highest BCUT2D eigenvalue weighted by molar-refractivity contribution is 9.10. The first-order chi connectivity index (χ1) is 50.5. The Morgan fingerprint density at radius 3 is 1.06 bits per heavy atom. The molecule has 2 spiro atoms. The monoisotopic (exact) mass is 1380 g/mol. The molecule has 103 heavy (non-hydrogen) atoms. The van der Waals surface area contributed by atoms with Gasteiger partial charge in [0.05, 0.1) is 10.8 Å². The van der Waals surface area contributed by atoms with Gasteiger partial charge in [0.15, 0.2) is 0 Å². The molecule has 0 saturated carbocycles. The lowest BCUT2D eigenvalue weighted by Crippen LogP contribution is -2.36. The van der Waals surface area contributed by atoms with Crippen LogP contribution in [-0.2, 0) is 21.7 Å². The largest absolute Gasteiger partial charge is 0.356 e. The lowest BCUT2D eigenvalue weighted by atomic mass is 9.58. The minimum absolute atomic E-state index is 0.0286. The van der Waals surface area contributed by atoms with Crippen molar-refractivity contribution in [3.05, 3.63) is 423 Å². The van der Waals surface area contributed by atoms with Crippen LogP contribution in [0.5, 0.6) is 0 Å². The lowest BCUT2D eigenvalue weighted by Gasteiger charge is -2.44. The zero-order valence-electron chi connectivity index (χ0n) is 57.8. The van der Waals surface area contributed by atoms with Crippen molar-refractivity contribution in [3.63, 3.8) is 0 Å². The molecule has 6 aliphatic carbocycles. The van der Waals surface area contributed by atoms with E-state index in [9.17, 15) is 0 Å². The molecule has 0 aromatic heterocycles. The van der Waals surface area contributed by atoms with Crippen LogP contribution in [0.15, 0.2) is 356 Å². The van der Waals surface area contributed by atoms with Gasteiger partial charge >= 0.3 is 0 Å². The Morgan fingerprint density at radius 2 is 0.573 bits per heavy atom. The molecule has 0 aliphatic heterocycles. The number of anilines is 5. The van der Waals surface area contributed by atoms with Crippen molar-refractivity contribution in [1.82, 2.24) is 0 Å². The Balaban J connectivity index is 0.000000114. The van der Waals surface area contributed by atoms with Crippen LogP contribution >= 0.6 is 15.9 Å². The first kappa shape index (κ1) is 61.0. The Morgan fingerprint density at radius 1 is 0.233 bits per heavy atom. The highest BCUT2D eigenvalue weighted by atomic mass is 79.9. The summed E-state index contributed by atoms with van der Waals surface area (Å²) in [7, 11) is 0. The van der Waals surface area contributed by atoms with Gasteiger partial charge in [0.2, 0.25) is 0 Å². The van der Waals surface area contributed by atoms with Gasteiger partial charge in [0.25, 0.3) is 0 Å². The minimum Gasteiger partial charge on any atom is -0.356 e. The molecule has 488 valence electrons. The molecule has 0 radical (unpaired) electrons. The second-order valence-electron chi connectivity index (χ2n) is 29.6. The molecule has 0 fully saturated rings. The number of halogens is 1. The van der Waals surface area contributed by atoms with Crippen molar-refractivity contribution in [1.29, 1.82) is 0 Å². The van der Waals surface area contributed by atoms with Crippen molar-refractivity contribution < 1.29 is 0 Å². The van der Waals surface area contributed by atoms with E-state index in [1.165, 1.54) is 166 Å². The van der Waals surface area contributed by atoms with Crippen LogP contribution in [0.2, 0.25) is 0 Å². The van der Waals surface area contributed by atoms with Crippen molar-refractivity contribution in [2.24, 2.45) is 0 Å². The molecule has 6 aliphatic rings. The van der Waals surface area contributed by atoms with Gasteiger partial charge in [-0.3, -0.25) is 0 Å². The van der Waals surface area contributed by atoms with E-state index < -0.39 is 0 Å². The number of hydrogen-bond acceptors (Lipinski definition) is 2. The van der Waals surface area contributed by atoms with Gasteiger partial charge < -0.3 is 10.2 Å². The van der Waals surface area contributed by atoms with Gasteiger partial charge in [0.1, 0.15) is 0 Å². The van der Waals surface area contributed by atoms with E-state index in [-0.39, 0.29) is 21.7 Å². The molecule has 16 aromatic rings. The van der Waals surface area contributed by atoms with Crippen molar-refractivity contribution >= 4 is 65.9 Å². The number of hydrogen-bond donors (Lipinski definition) is 1. The first-order valence-electron chi connectivity index (χ1n) is 36.1.